The molecule has 0 atom stereocenters. The number of ether oxygens (including phenoxy) is 3. The van der Waals surface area contributed by atoms with Crippen LogP contribution in [0.3, 0.4) is 0 Å². The second-order valence-electron chi connectivity index (χ2n) is 11.0. The van der Waals surface area contributed by atoms with E-state index in [2.05, 4.69) is 15.2 Å². The van der Waals surface area contributed by atoms with Crippen molar-refractivity contribution in [3.8, 4) is 28.4 Å². The first-order valence-corrected chi connectivity index (χ1v) is 16.9. The molecule has 4 aromatic carbocycles. The Hall–Kier alpha value is -3.87. The zero-order valence-electron chi connectivity index (χ0n) is 25.1. The summed E-state index contributed by atoms with van der Waals surface area (Å²) in [5.41, 5.74) is 10.4. The summed E-state index contributed by atoms with van der Waals surface area (Å²) in [4.78, 5) is 2.32. The third-order valence-corrected chi connectivity index (χ3v) is 9.38. The molecule has 0 amide bonds. The van der Waals surface area contributed by atoms with E-state index in [1.165, 1.54) is 0 Å². The summed E-state index contributed by atoms with van der Waals surface area (Å²) in [5, 5.41) is 8.04. The molecule has 0 aliphatic carbocycles. The minimum Gasteiger partial charge on any atom is -0.616 e. The molecule has 1 fully saturated rings. The average Bonchev–Trinajstić information content (AvgIpc) is 3.55. The van der Waals surface area contributed by atoms with E-state index < -0.39 is 11.2 Å². The van der Waals surface area contributed by atoms with Crippen molar-refractivity contribution < 1.29 is 27.8 Å². The maximum absolute atomic E-state index is 15.8. The van der Waals surface area contributed by atoms with Crippen molar-refractivity contribution in [1.29, 1.82) is 0 Å². The summed E-state index contributed by atoms with van der Waals surface area (Å²) in [5.74, 6) is 2.63. The molecule has 0 radical (unpaired) electrons. The average molecular weight is 665 g/mol. The Labute approximate surface area is 274 Å². The van der Waals surface area contributed by atoms with E-state index in [4.69, 9.17) is 36.2 Å². The molecule has 240 valence electrons. The maximum atomic E-state index is 15.8. The first-order chi connectivity index (χ1) is 22.5. The van der Waals surface area contributed by atoms with Gasteiger partial charge in [-0.25, -0.2) is 9.02 Å². The quantitative estimate of drug-likeness (QED) is 0.117. The Morgan fingerprint density at radius 3 is 2.54 bits per heavy atom. The number of fused-ring (bicyclic) bond motifs is 1. The van der Waals surface area contributed by atoms with Gasteiger partial charge in [0.2, 0.25) is 0 Å². The number of hydrogen-bond acceptors (Lipinski definition) is 9. The molecule has 0 unspecified atom stereocenters. The minimum atomic E-state index is -0.679. The molecule has 1 saturated heterocycles. The standard InChI is InChI=1S/C34H34ClFN4O5S/c35-29-18-26(20-37)32(43-21-23-8-9-30-31(16-23)39-45-38-30)19-33(29)44-22-25-5-2-7-28(34(25)36)24-4-1-6-27(17-24)42-13-3-10-40-11-14-46(41)15-12-40/h1-2,4-9,16-19H,3,10-15,20-22,37H2. The van der Waals surface area contributed by atoms with Gasteiger partial charge in [-0.1, -0.05) is 59.2 Å². The van der Waals surface area contributed by atoms with E-state index in [-0.39, 0.29) is 25.6 Å². The van der Waals surface area contributed by atoms with Crippen molar-refractivity contribution in [3.05, 3.63) is 100 Å². The fraction of sp³-hybridized carbons (Fsp3) is 0.294. The highest BCUT2D eigenvalue weighted by molar-refractivity contribution is 7.91. The van der Waals surface area contributed by atoms with Gasteiger partial charge < -0.3 is 24.5 Å². The number of rotatable bonds is 13. The smallest absolute Gasteiger partial charge is 0.142 e. The lowest BCUT2D eigenvalue weighted by molar-refractivity contribution is 0.246. The second kappa shape index (κ2) is 15.1. The van der Waals surface area contributed by atoms with Gasteiger partial charge in [-0.15, -0.1) is 0 Å². The lowest BCUT2D eigenvalue weighted by Crippen LogP contribution is -2.40. The fourth-order valence-electron chi connectivity index (χ4n) is 5.26. The molecular formula is C34H34ClFN4O5S. The Kier molecular flexibility index (Phi) is 10.6. The number of benzene rings is 4. The lowest BCUT2D eigenvalue weighted by Gasteiger charge is -2.27. The third-order valence-electron chi connectivity index (χ3n) is 7.81. The Morgan fingerprint density at radius 2 is 1.70 bits per heavy atom. The first-order valence-electron chi connectivity index (χ1n) is 15.0. The van der Waals surface area contributed by atoms with Crippen LogP contribution in [0.25, 0.3) is 22.2 Å². The minimum absolute atomic E-state index is 0.0447. The van der Waals surface area contributed by atoms with Crippen molar-refractivity contribution in [2.75, 3.05) is 37.7 Å². The van der Waals surface area contributed by atoms with Gasteiger partial charge in [0, 0.05) is 48.9 Å². The normalized spacial score (nSPS) is 14.1. The van der Waals surface area contributed by atoms with Crippen molar-refractivity contribution in [1.82, 2.24) is 15.2 Å². The van der Waals surface area contributed by atoms with Gasteiger partial charge in [-0.3, -0.25) is 4.90 Å². The second-order valence-corrected chi connectivity index (χ2v) is 13.1. The molecule has 0 spiro atoms. The Morgan fingerprint density at radius 1 is 0.891 bits per heavy atom. The van der Waals surface area contributed by atoms with Crippen LogP contribution in [0.2, 0.25) is 5.02 Å². The molecular weight excluding hydrogens is 631 g/mol. The molecule has 1 aliphatic heterocycles. The number of nitrogens with two attached hydrogens (primary N) is 1. The van der Waals surface area contributed by atoms with Gasteiger partial charge in [-0.2, -0.15) is 0 Å². The van der Waals surface area contributed by atoms with Crippen LogP contribution in [0.1, 0.15) is 23.1 Å². The van der Waals surface area contributed by atoms with Crippen LogP contribution in [0.15, 0.2) is 77.4 Å². The van der Waals surface area contributed by atoms with E-state index in [1.54, 1.807) is 36.4 Å². The van der Waals surface area contributed by atoms with Crippen molar-refractivity contribution >= 4 is 33.8 Å². The summed E-state index contributed by atoms with van der Waals surface area (Å²) in [6.07, 6.45) is 0.857. The summed E-state index contributed by atoms with van der Waals surface area (Å²) < 4.78 is 50.2. The first kappa shape index (κ1) is 32.1. The van der Waals surface area contributed by atoms with Crippen LogP contribution >= 0.6 is 11.6 Å². The molecule has 12 heteroatoms. The fourth-order valence-corrected chi connectivity index (χ4v) is 6.63. The molecule has 1 aromatic heterocycles. The van der Waals surface area contributed by atoms with Gasteiger partial charge in [0.25, 0.3) is 0 Å². The SMILES string of the molecule is NCc1cc(Cl)c(OCc2cccc(-c3cccc(OCCCN4CC[S+]([O-])CC4)c3)c2F)cc1OCc1ccc2nonc2c1. The monoisotopic (exact) mass is 664 g/mol. The topological polar surface area (TPSA) is 119 Å². The number of aromatic nitrogens is 2. The molecule has 6 rings (SSSR count). The molecule has 9 nitrogen and oxygen atoms in total. The summed E-state index contributed by atoms with van der Waals surface area (Å²) in [6, 6.07) is 21.5. The highest BCUT2D eigenvalue weighted by atomic mass is 35.5. The molecule has 1 aliphatic rings. The predicted molar refractivity (Wildman–Crippen MR) is 176 cm³/mol. The molecule has 0 saturated carbocycles. The van der Waals surface area contributed by atoms with Crippen molar-refractivity contribution in [2.45, 2.75) is 26.2 Å². The van der Waals surface area contributed by atoms with Gasteiger partial charge in [0.05, 0.1) is 11.6 Å². The zero-order valence-corrected chi connectivity index (χ0v) is 26.7. The van der Waals surface area contributed by atoms with Crippen LogP contribution in [0.5, 0.6) is 17.2 Å². The van der Waals surface area contributed by atoms with Crippen LogP contribution in [-0.4, -0.2) is 57.5 Å². The van der Waals surface area contributed by atoms with E-state index in [9.17, 15) is 4.55 Å². The predicted octanol–water partition coefficient (Wildman–Crippen LogP) is 6.13. The summed E-state index contributed by atoms with van der Waals surface area (Å²) in [7, 11) is 0. The highest BCUT2D eigenvalue weighted by Crippen LogP contribution is 2.35. The van der Waals surface area contributed by atoms with Gasteiger partial charge in [0.15, 0.2) is 0 Å². The van der Waals surface area contributed by atoms with Crippen LogP contribution in [0, 0.1) is 5.82 Å². The van der Waals surface area contributed by atoms with Gasteiger partial charge >= 0.3 is 0 Å². The van der Waals surface area contributed by atoms with Crippen LogP contribution in [0.4, 0.5) is 4.39 Å². The molecule has 2 heterocycles. The third kappa shape index (κ3) is 7.91. The maximum Gasteiger partial charge on any atom is 0.142 e. The zero-order chi connectivity index (χ0) is 31.9. The van der Waals surface area contributed by atoms with Crippen LogP contribution in [-0.2, 0) is 30.9 Å². The van der Waals surface area contributed by atoms with E-state index >= 15 is 4.39 Å². The van der Waals surface area contributed by atoms with E-state index in [0.29, 0.717) is 62.2 Å². The molecule has 0 bridgehead atoms. The number of hydrogen-bond donors (Lipinski definition) is 1. The highest BCUT2D eigenvalue weighted by Gasteiger charge is 2.19. The Balaban J connectivity index is 1.09. The van der Waals surface area contributed by atoms with Crippen LogP contribution < -0.4 is 19.9 Å². The van der Waals surface area contributed by atoms with Crippen molar-refractivity contribution in [2.24, 2.45) is 5.73 Å². The molecule has 46 heavy (non-hydrogen) atoms. The van der Waals surface area contributed by atoms with Crippen molar-refractivity contribution in [3.63, 3.8) is 0 Å². The van der Waals surface area contributed by atoms with Gasteiger partial charge in [0.1, 0.15) is 58.8 Å². The molecule has 5 aromatic rings. The largest absolute Gasteiger partial charge is 0.616 e. The van der Waals surface area contributed by atoms with Gasteiger partial charge in [-0.05, 0) is 58.2 Å². The number of halogens is 2. The van der Waals surface area contributed by atoms with E-state index in [0.717, 1.165) is 43.1 Å². The lowest BCUT2D eigenvalue weighted by atomic mass is 10.0. The summed E-state index contributed by atoms with van der Waals surface area (Å²) >= 11 is 5.84. The van der Waals surface area contributed by atoms with E-state index in [1.807, 2.05) is 36.4 Å². The molecule has 2 N–H and O–H groups in total. The Bertz CT molecular complexity index is 1780. The summed E-state index contributed by atoms with van der Waals surface area (Å²) in [6.45, 7) is 3.59. The number of nitrogens with zero attached hydrogens (tertiary/aromatic N) is 3.